The molecule has 0 bridgehead atoms. The Balaban J connectivity index is 0.00000338. The van der Waals surface area contributed by atoms with Crippen molar-refractivity contribution in [3.63, 3.8) is 0 Å². The number of halogens is 2. The Morgan fingerprint density at radius 3 is 2.56 bits per heavy atom. The van der Waals surface area contributed by atoms with Crippen LogP contribution in [0, 0.1) is 13.8 Å². The fraction of sp³-hybridized carbons (Fsp3) is 0.611. The molecule has 0 aromatic carbocycles. The van der Waals surface area contributed by atoms with Gasteiger partial charge in [0.05, 0.1) is 12.5 Å². The second-order valence-electron chi connectivity index (χ2n) is 6.40. The Bertz CT molecular complexity index is 764. The number of carbonyl (C=O) groups is 1. The second kappa shape index (κ2) is 11.3. The smallest absolute Gasteiger partial charge is 0.242 e. The first kappa shape index (κ1) is 25.4. The van der Waals surface area contributed by atoms with Crippen LogP contribution in [0.5, 0.6) is 5.88 Å². The van der Waals surface area contributed by atoms with Gasteiger partial charge in [-0.25, -0.2) is 9.67 Å². The summed E-state index contributed by atoms with van der Waals surface area (Å²) in [5.41, 5.74) is 3.92. The van der Waals surface area contributed by atoms with Gasteiger partial charge in [-0.3, -0.25) is 4.79 Å². The Hall–Kier alpha value is -1.57. The predicted octanol–water partition coefficient (Wildman–Crippen LogP) is 2.48. The van der Waals surface area contributed by atoms with Gasteiger partial charge >= 0.3 is 0 Å². The summed E-state index contributed by atoms with van der Waals surface area (Å²) in [4.78, 5) is 16.8. The van der Waals surface area contributed by atoms with Gasteiger partial charge in [0.25, 0.3) is 0 Å². The number of methoxy groups -OCH3 is 1. The lowest BCUT2D eigenvalue weighted by atomic mass is 10.00. The van der Waals surface area contributed by atoms with E-state index in [1.165, 1.54) is 0 Å². The SMILES string of the molecule is CCN[C@H](C)CNC(=O)CCc1c(C)nc2c(c(OC)nn2C)c1C.Cl.Cl. The summed E-state index contributed by atoms with van der Waals surface area (Å²) in [5.74, 6) is 0.634. The molecule has 2 aromatic heterocycles. The standard InChI is InChI=1S/C18H29N5O2.2ClH/c1-7-19-11(2)10-20-15(24)9-8-14-12(3)16-17(21-13(14)4)23(5)22-18(16)25-6;;/h11,19H,7-10H2,1-6H3,(H,20,24);2*1H/t11-;;/m1../s1. The second-order valence-corrected chi connectivity index (χ2v) is 6.40. The third kappa shape index (κ3) is 5.96. The molecule has 0 spiro atoms. The van der Waals surface area contributed by atoms with Crippen molar-refractivity contribution >= 4 is 41.8 Å². The van der Waals surface area contributed by atoms with Crippen LogP contribution in [0.2, 0.25) is 0 Å². The van der Waals surface area contributed by atoms with Gasteiger partial charge < -0.3 is 15.4 Å². The van der Waals surface area contributed by atoms with Crippen LogP contribution in [0.4, 0.5) is 0 Å². The lowest BCUT2D eigenvalue weighted by Crippen LogP contribution is -2.38. The van der Waals surface area contributed by atoms with Crippen molar-refractivity contribution < 1.29 is 9.53 Å². The van der Waals surface area contributed by atoms with E-state index >= 15 is 0 Å². The van der Waals surface area contributed by atoms with Crippen LogP contribution in [0.25, 0.3) is 11.0 Å². The van der Waals surface area contributed by atoms with Gasteiger partial charge in [-0.15, -0.1) is 29.9 Å². The van der Waals surface area contributed by atoms with Crippen molar-refractivity contribution in [3.05, 3.63) is 16.8 Å². The largest absolute Gasteiger partial charge is 0.479 e. The molecule has 0 aliphatic heterocycles. The molecule has 0 fully saturated rings. The number of aryl methyl sites for hydroxylation is 3. The normalized spacial score (nSPS) is 11.5. The third-order valence-electron chi connectivity index (χ3n) is 4.48. The van der Waals surface area contributed by atoms with Gasteiger partial charge in [-0.2, -0.15) is 0 Å². The molecular formula is C18H31Cl2N5O2. The maximum absolute atomic E-state index is 12.1. The van der Waals surface area contributed by atoms with Gasteiger partial charge in [0, 0.05) is 31.7 Å². The van der Waals surface area contributed by atoms with Gasteiger partial charge in [0.15, 0.2) is 5.65 Å². The fourth-order valence-corrected chi connectivity index (χ4v) is 3.12. The molecule has 7 nitrogen and oxygen atoms in total. The molecule has 0 radical (unpaired) electrons. The Kier molecular flexibility index (Phi) is 10.7. The van der Waals surface area contributed by atoms with E-state index in [0.717, 1.165) is 34.4 Å². The zero-order valence-electron chi connectivity index (χ0n) is 16.9. The molecule has 0 aliphatic rings. The number of ether oxygens (including phenoxy) is 1. The fourth-order valence-electron chi connectivity index (χ4n) is 3.12. The van der Waals surface area contributed by atoms with Gasteiger partial charge in [-0.05, 0) is 44.9 Å². The summed E-state index contributed by atoms with van der Waals surface area (Å²) in [6, 6.07) is 0.273. The maximum Gasteiger partial charge on any atom is 0.242 e. The summed E-state index contributed by atoms with van der Waals surface area (Å²) in [7, 11) is 3.47. The third-order valence-corrected chi connectivity index (χ3v) is 4.48. The minimum absolute atomic E-state index is 0. The van der Waals surface area contributed by atoms with Gasteiger partial charge in [0.2, 0.25) is 11.8 Å². The molecule has 9 heteroatoms. The van der Waals surface area contributed by atoms with E-state index in [-0.39, 0.29) is 36.8 Å². The van der Waals surface area contributed by atoms with Crippen LogP contribution in [0.3, 0.4) is 0 Å². The summed E-state index contributed by atoms with van der Waals surface area (Å²) in [6.45, 7) is 9.67. The first-order valence-corrected chi connectivity index (χ1v) is 8.75. The first-order chi connectivity index (χ1) is 11.9. The highest BCUT2D eigenvalue weighted by molar-refractivity contribution is 5.86. The summed E-state index contributed by atoms with van der Waals surface area (Å²) < 4.78 is 7.11. The number of nitrogens with zero attached hydrogens (tertiary/aromatic N) is 3. The molecule has 0 saturated heterocycles. The number of fused-ring (bicyclic) bond motifs is 1. The first-order valence-electron chi connectivity index (χ1n) is 8.75. The monoisotopic (exact) mass is 419 g/mol. The molecule has 2 rings (SSSR count). The predicted molar refractivity (Wildman–Crippen MR) is 114 cm³/mol. The zero-order valence-corrected chi connectivity index (χ0v) is 18.5. The Labute approximate surface area is 173 Å². The van der Waals surface area contributed by atoms with E-state index in [1.807, 2.05) is 20.9 Å². The topological polar surface area (TPSA) is 81.1 Å². The number of pyridine rings is 1. The number of carbonyl (C=O) groups excluding carboxylic acids is 1. The Morgan fingerprint density at radius 2 is 1.96 bits per heavy atom. The summed E-state index contributed by atoms with van der Waals surface area (Å²) in [6.07, 6.45) is 1.09. The molecule has 1 atom stereocenters. The van der Waals surface area contributed by atoms with Crippen LogP contribution in [0.15, 0.2) is 0 Å². The van der Waals surface area contributed by atoms with Crippen LogP contribution in [-0.4, -0.2) is 46.9 Å². The molecule has 0 saturated carbocycles. The molecule has 2 heterocycles. The van der Waals surface area contributed by atoms with Gasteiger partial charge in [0.1, 0.15) is 0 Å². The molecular weight excluding hydrogens is 389 g/mol. The minimum Gasteiger partial charge on any atom is -0.479 e. The van der Waals surface area contributed by atoms with Crippen molar-refractivity contribution in [1.82, 2.24) is 25.4 Å². The molecule has 154 valence electrons. The lowest BCUT2D eigenvalue weighted by molar-refractivity contribution is -0.121. The lowest BCUT2D eigenvalue weighted by Gasteiger charge is -2.14. The van der Waals surface area contributed by atoms with Crippen molar-refractivity contribution in [2.75, 3.05) is 20.2 Å². The summed E-state index contributed by atoms with van der Waals surface area (Å²) >= 11 is 0. The van der Waals surface area contributed by atoms with Crippen molar-refractivity contribution in [1.29, 1.82) is 0 Å². The molecule has 1 amide bonds. The molecule has 27 heavy (non-hydrogen) atoms. The van der Waals surface area contributed by atoms with E-state index in [1.54, 1.807) is 11.8 Å². The number of likely N-dealkylation sites (N-methyl/N-ethyl adjacent to an activating group) is 1. The van der Waals surface area contributed by atoms with E-state index in [0.29, 0.717) is 25.3 Å². The van der Waals surface area contributed by atoms with Crippen molar-refractivity contribution in [2.45, 2.75) is 46.6 Å². The molecule has 2 aromatic rings. The Morgan fingerprint density at radius 1 is 1.30 bits per heavy atom. The quantitative estimate of drug-likeness (QED) is 0.686. The van der Waals surface area contributed by atoms with Crippen molar-refractivity contribution in [2.24, 2.45) is 7.05 Å². The number of rotatable bonds is 8. The van der Waals surface area contributed by atoms with Crippen LogP contribution in [0.1, 0.15) is 37.1 Å². The number of amides is 1. The van der Waals surface area contributed by atoms with Gasteiger partial charge in [-0.1, -0.05) is 6.92 Å². The van der Waals surface area contributed by atoms with E-state index in [9.17, 15) is 4.79 Å². The van der Waals surface area contributed by atoms with Crippen LogP contribution in [-0.2, 0) is 18.3 Å². The highest BCUT2D eigenvalue weighted by Gasteiger charge is 2.18. The number of hydrogen-bond acceptors (Lipinski definition) is 5. The van der Waals surface area contributed by atoms with Crippen LogP contribution >= 0.6 is 24.8 Å². The number of hydrogen-bond donors (Lipinski definition) is 2. The maximum atomic E-state index is 12.1. The van der Waals surface area contributed by atoms with Crippen molar-refractivity contribution in [3.8, 4) is 5.88 Å². The van der Waals surface area contributed by atoms with Crippen LogP contribution < -0.4 is 15.4 Å². The minimum atomic E-state index is 0. The molecule has 0 unspecified atom stereocenters. The average molecular weight is 420 g/mol. The van der Waals surface area contributed by atoms with E-state index in [2.05, 4.69) is 34.6 Å². The summed E-state index contributed by atoms with van der Waals surface area (Å²) in [5, 5.41) is 11.5. The highest BCUT2D eigenvalue weighted by atomic mass is 35.5. The molecule has 0 aliphatic carbocycles. The number of nitrogens with one attached hydrogen (secondary N) is 2. The molecule has 2 N–H and O–H groups in total. The van der Waals surface area contributed by atoms with E-state index in [4.69, 9.17) is 4.74 Å². The number of aromatic nitrogens is 3. The average Bonchev–Trinajstić information content (AvgIpc) is 2.89. The zero-order chi connectivity index (χ0) is 18.6. The van der Waals surface area contributed by atoms with E-state index < -0.39 is 0 Å². The highest BCUT2D eigenvalue weighted by Crippen LogP contribution is 2.30.